The molecule has 2 N–H and O–H groups in total. The normalized spacial score (nSPS) is 16.5. The molecule has 1 fully saturated rings. The van der Waals surface area contributed by atoms with Crippen molar-refractivity contribution in [2.24, 2.45) is 5.92 Å². The molecule has 23 heavy (non-hydrogen) atoms. The first-order valence-electron chi connectivity index (χ1n) is 7.60. The zero-order valence-electron chi connectivity index (χ0n) is 13.1. The van der Waals surface area contributed by atoms with Crippen LogP contribution in [0.25, 0.3) is 0 Å². The van der Waals surface area contributed by atoms with E-state index in [-0.39, 0.29) is 30.1 Å². The van der Waals surface area contributed by atoms with E-state index in [0.717, 1.165) is 25.9 Å². The lowest BCUT2D eigenvalue weighted by atomic mass is 9.94. The monoisotopic (exact) mass is 348 g/mol. The van der Waals surface area contributed by atoms with Crippen LogP contribution in [-0.2, 0) is 4.79 Å². The Morgan fingerprint density at radius 2 is 2.00 bits per heavy atom. The number of nitrogens with one attached hydrogen (secondary N) is 2. The lowest BCUT2D eigenvalue weighted by Crippen LogP contribution is -2.33. The van der Waals surface area contributed by atoms with Gasteiger partial charge in [-0.1, -0.05) is 18.2 Å². The zero-order valence-corrected chi connectivity index (χ0v) is 13.9. The maximum Gasteiger partial charge on any atom is 0.387 e. The van der Waals surface area contributed by atoms with Crippen molar-refractivity contribution in [2.45, 2.75) is 38.8 Å². The van der Waals surface area contributed by atoms with Gasteiger partial charge in [-0.3, -0.25) is 4.79 Å². The zero-order chi connectivity index (χ0) is 15.9. The number of alkyl halides is 2. The summed E-state index contributed by atoms with van der Waals surface area (Å²) in [6.45, 7) is 0.782. The molecule has 1 saturated heterocycles. The lowest BCUT2D eigenvalue weighted by Gasteiger charge is -2.23. The van der Waals surface area contributed by atoms with Crippen LogP contribution in [0.3, 0.4) is 0 Å². The fraction of sp³-hybridized carbons (Fsp3) is 0.562. The van der Waals surface area contributed by atoms with Crippen molar-refractivity contribution in [3.05, 3.63) is 29.8 Å². The van der Waals surface area contributed by atoms with Crippen LogP contribution in [0.15, 0.2) is 24.3 Å². The number of ether oxygens (including phenoxy) is 1. The first kappa shape index (κ1) is 19.6. The van der Waals surface area contributed by atoms with Crippen LogP contribution in [0.1, 0.15) is 37.8 Å². The van der Waals surface area contributed by atoms with Crippen LogP contribution in [0.2, 0.25) is 0 Å². The summed E-state index contributed by atoms with van der Waals surface area (Å²) in [5, 5.41) is 6.13. The van der Waals surface area contributed by atoms with Gasteiger partial charge in [0.25, 0.3) is 0 Å². The number of benzene rings is 1. The van der Waals surface area contributed by atoms with Crippen molar-refractivity contribution in [1.29, 1.82) is 0 Å². The van der Waals surface area contributed by atoms with E-state index in [1.165, 1.54) is 6.07 Å². The van der Waals surface area contributed by atoms with Crippen LogP contribution in [-0.4, -0.2) is 25.6 Å². The van der Waals surface area contributed by atoms with Gasteiger partial charge < -0.3 is 15.4 Å². The van der Waals surface area contributed by atoms with Crippen molar-refractivity contribution < 1.29 is 18.3 Å². The summed E-state index contributed by atoms with van der Waals surface area (Å²) in [6.07, 6.45) is 2.46. The molecule has 0 aliphatic carbocycles. The molecule has 0 bridgehead atoms. The minimum absolute atomic E-state index is 0. The van der Waals surface area contributed by atoms with Crippen molar-refractivity contribution >= 4 is 18.3 Å². The van der Waals surface area contributed by atoms with Gasteiger partial charge in [0.1, 0.15) is 5.75 Å². The fourth-order valence-electron chi connectivity index (χ4n) is 2.77. The second-order valence-electron chi connectivity index (χ2n) is 5.60. The summed E-state index contributed by atoms with van der Waals surface area (Å²) in [4.78, 5) is 12.1. The van der Waals surface area contributed by atoms with E-state index < -0.39 is 6.61 Å². The summed E-state index contributed by atoms with van der Waals surface area (Å²) in [7, 11) is 0. The van der Waals surface area contributed by atoms with E-state index in [4.69, 9.17) is 0 Å². The van der Waals surface area contributed by atoms with Crippen LogP contribution in [0.4, 0.5) is 8.78 Å². The molecule has 0 radical (unpaired) electrons. The number of hydrogen-bond donors (Lipinski definition) is 2. The number of halogens is 3. The molecule has 1 unspecified atom stereocenters. The summed E-state index contributed by atoms with van der Waals surface area (Å²) in [5.41, 5.74) is 0.557. The number of amides is 1. The molecule has 7 heteroatoms. The van der Waals surface area contributed by atoms with Crippen molar-refractivity contribution in [2.75, 3.05) is 13.1 Å². The second-order valence-corrected chi connectivity index (χ2v) is 5.60. The number of para-hydroxylation sites is 1. The van der Waals surface area contributed by atoms with E-state index in [1.807, 2.05) is 0 Å². The standard InChI is InChI=1S/C16H22F2N2O2.ClH/c1-11(13-4-2-3-5-14(13)22-16(17)18)20-15(21)10-12-6-8-19-9-7-12;/h2-5,11-12,16,19H,6-10H2,1H3,(H,20,21);1H. The van der Waals surface area contributed by atoms with Gasteiger partial charge in [0.2, 0.25) is 5.91 Å². The minimum atomic E-state index is -2.88. The molecule has 1 aromatic rings. The highest BCUT2D eigenvalue weighted by atomic mass is 35.5. The summed E-state index contributed by atoms with van der Waals surface area (Å²) in [6, 6.07) is 6.17. The Labute approximate surface area is 141 Å². The molecule has 1 amide bonds. The first-order valence-corrected chi connectivity index (χ1v) is 7.60. The van der Waals surface area contributed by atoms with Crippen LogP contribution >= 0.6 is 12.4 Å². The van der Waals surface area contributed by atoms with E-state index in [0.29, 0.717) is 17.9 Å². The Bertz CT molecular complexity index is 497. The van der Waals surface area contributed by atoms with Gasteiger partial charge in [0.15, 0.2) is 0 Å². The largest absolute Gasteiger partial charge is 0.434 e. The Hall–Kier alpha value is -1.40. The molecule has 1 atom stereocenters. The van der Waals surface area contributed by atoms with Gasteiger partial charge >= 0.3 is 6.61 Å². The Balaban J connectivity index is 0.00000264. The molecule has 2 rings (SSSR count). The summed E-state index contributed by atoms with van der Waals surface area (Å²) >= 11 is 0. The average molecular weight is 349 g/mol. The van der Waals surface area contributed by atoms with E-state index in [2.05, 4.69) is 15.4 Å². The highest BCUT2D eigenvalue weighted by Gasteiger charge is 2.20. The summed E-state index contributed by atoms with van der Waals surface area (Å²) in [5.74, 6) is 0.444. The number of rotatable bonds is 6. The lowest BCUT2D eigenvalue weighted by molar-refractivity contribution is -0.122. The molecule has 0 spiro atoms. The minimum Gasteiger partial charge on any atom is -0.434 e. The maximum atomic E-state index is 12.4. The highest BCUT2D eigenvalue weighted by Crippen LogP contribution is 2.26. The Kier molecular flexibility index (Phi) is 8.26. The predicted molar refractivity (Wildman–Crippen MR) is 87.1 cm³/mol. The van der Waals surface area contributed by atoms with Crippen molar-refractivity contribution in [3.8, 4) is 5.75 Å². The molecule has 130 valence electrons. The molecular weight excluding hydrogens is 326 g/mol. The van der Waals surface area contributed by atoms with Gasteiger partial charge in [-0.05, 0) is 44.8 Å². The van der Waals surface area contributed by atoms with Gasteiger partial charge in [-0.15, -0.1) is 12.4 Å². The molecule has 0 aromatic heterocycles. The second kappa shape index (κ2) is 9.67. The van der Waals surface area contributed by atoms with Crippen LogP contribution < -0.4 is 15.4 Å². The fourth-order valence-corrected chi connectivity index (χ4v) is 2.77. The molecule has 4 nitrogen and oxygen atoms in total. The van der Waals surface area contributed by atoms with Crippen molar-refractivity contribution in [1.82, 2.24) is 10.6 Å². The SMILES string of the molecule is CC(NC(=O)CC1CCNCC1)c1ccccc1OC(F)F.Cl. The number of hydrogen-bond acceptors (Lipinski definition) is 3. The summed E-state index contributed by atoms with van der Waals surface area (Å²) < 4.78 is 29.3. The molecule has 1 heterocycles. The van der Waals surface area contributed by atoms with Gasteiger partial charge in [0.05, 0.1) is 6.04 Å². The number of piperidine rings is 1. The molecule has 0 saturated carbocycles. The highest BCUT2D eigenvalue weighted by molar-refractivity contribution is 5.85. The van der Waals surface area contributed by atoms with Gasteiger partial charge in [-0.25, -0.2) is 0 Å². The Morgan fingerprint density at radius 1 is 1.35 bits per heavy atom. The molecule has 1 aromatic carbocycles. The topological polar surface area (TPSA) is 50.4 Å². The molecule has 1 aliphatic rings. The third kappa shape index (κ3) is 6.31. The van der Waals surface area contributed by atoms with Crippen LogP contribution in [0.5, 0.6) is 5.75 Å². The average Bonchev–Trinajstić information content (AvgIpc) is 2.48. The van der Waals surface area contributed by atoms with E-state index >= 15 is 0 Å². The van der Waals surface area contributed by atoms with Gasteiger partial charge in [0, 0.05) is 12.0 Å². The Morgan fingerprint density at radius 3 is 2.65 bits per heavy atom. The smallest absolute Gasteiger partial charge is 0.387 e. The predicted octanol–water partition coefficient (Wildman–Crippen LogP) is 3.28. The quantitative estimate of drug-likeness (QED) is 0.829. The van der Waals surface area contributed by atoms with Crippen molar-refractivity contribution in [3.63, 3.8) is 0 Å². The third-order valence-corrected chi connectivity index (χ3v) is 3.91. The number of carbonyl (C=O) groups excluding carboxylic acids is 1. The molecule has 1 aliphatic heterocycles. The van der Waals surface area contributed by atoms with E-state index in [9.17, 15) is 13.6 Å². The van der Waals surface area contributed by atoms with E-state index in [1.54, 1.807) is 25.1 Å². The number of carbonyl (C=O) groups is 1. The maximum absolute atomic E-state index is 12.4. The van der Waals surface area contributed by atoms with Crippen LogP contribution in [0, 0.1) is 5.92 Å². The third-order valence-electron chi connectivity index (χ3n) is 3.91. The molecular formula is C16H23ClF2N2O2. The first-order chi connectivity index (χ1) is 10.6. The van der Waals surface area contributed by atoms with Gasteiger partial charge in [-0.2, -0.15) is 8.78 Å².